The minimum absolute atomic E-state index is 0.0538. The molecule has 11 aromatic carbocycles. The van der Waals surface area contributed by atoms with Crippen LogP contribution in [0, 0.1) is 0 Å². The van der Waals surface area contributed by atoms with Crippen molar-refractivity contribution in [2.24, 2.45) is 0 Å². The Morgan fingerprint density at radius 1 is 0.254 bits per heavy atom. The molecule has 0 saturated heterocycles. The summed E-state index contributed by atoms with van der Waals surface area (Å²) in [4.78, 5) is 0. The van der Waals surface area contributed by atoms with Gasteiger partial charge in [0.05, 0.1) is 0 Å². The second kappa shape index (κ2) is 12.9. The molecule has 0 aliphatic heterocycles. The van der Waals surface area contributed by atoms with Gasteiger partial charge < -0.3 is 0 Å². The molecule has 0 nitrogen and oxygen atoms in total. The van der Waals surface area contributed by atoms with Crippen LogP contribution in [0.15, 0.2) is 206 Å². The first-order valence-corrected chi connectivity index (χ1v) is 20.7. The van der Waals surface area contributed by atoms with Gasteiger partial charge in [-0.25, -0.2) is 0 Å². The summed E-state index contributed by atoms with van der Waals surface area (Å²) < 4.78 is 0. The molecule has 1 aliphatic carbocycles. The molecule has 0 radical (unpaired) electrons. The lowest BCUT2D eigenvalue weighted by molar-refractivity contribution is 0.660. The SMILES string of the molecule is CC1(C)c2ccccc2-c2cc(-c3c4ccccc4c(-c4ccc(-c5ccc6ccccc6c5)c5ccccc45)c4ccc(-c5ccc6ccccc6c5)cc34)ccc21. The van der Waals surface area contributed by atoms with Gasteiger partial charge in [-0.2, -0.15) is 0 Å². The third-order valence-corrected chi connectivity index (χ3v) is 13.2. The largest absolute Gasteiger partial charge is 0.0619 e. The maximum absolute atomic E-state index is 2.47. The molecule has 0 saturated carbocycles. The van der Waals surface area contributed by atoms with E-state index >= 15 is 0 Å². The molecule has 0 fully saturated rings. The first-order valence-electron chi connectivity index (χ1n) is 20.7. The summed E-state index contributed by atoms with van der Waals surface area (Å²) in [7, 11) is 0. The highest BCUT2D eigenvalue weighted by Gasteiger charge is 2.35. The molecule has 59 heavy (non-hydrogen) atoms. The predicted molar refractivity (Wildman–Crippen MR) is 253 cm³/mol. The van der Waals surface area contributed by atoms with Gasteiger partial charge in [0.2, 0.25) is 0 Å². The quantitative estimate of drug-likeness (QED) is 0.157. The van der Waals surface area contributed by atoms with Crippen molar-refractivity contribution in [2.45, 2.75) is 19.3 Å². The molecule has 0 spiro atoms. The van der Waals surface area contributed by atoms with Gasteiger partial charge >= 0.3 is 0 Å². The topological polar surface area (TPSA) is 0 Å². The summed E-state index contributed by atoms with van der Waals surface area (Å²) in [5, 5.41) is 12.6. The van der Waals surface area contributed by atoms with Gasteiger partial charge in [-0.3, -0.25) is 0 Å². The Labute approximate surface area is 344 Å². The maximum Gasteiger partial charge on any atom is 0.0158 e. The van der Waals surface area contributed by atoms with Crippen molar-refractivity contribution in [3.05, 3.63) is 217 Å². The summed E-state index contributed by atoms with van der Waals surface area (Å²) in [6, 6.07) is 77.2. The molecule has 0 heterocycles. The van der Waals surface area contributed by atoms with E-state index in [0.717, 1.165) is 0 Å². The molecule has 1 aliphatic rings. The number of fused-ring (bicyclic) bond motifs is 8. The van der Waals surface area contributed by atoms with E-state index in [1.54, 1.807) is 0 Å². The summed E-state index contributed by atoms with van der Waals surface area (Å²) in [5.74, 6) is 0. The molecule has 0 heteroatoms. The van der Waals surface area contributed by atoms with Crippen LogP contribution in [0.3, 0.4) is 0 Å². The van der Waals surface area contributed by atoms with E-state index in [0.29, 0.717) is 0 Å². The highest BCUT2D eigenvalue weighted by atomic mass is 14.4. The van der Waals surface area contributed by atoms with E-state index in [-0.39, 0.29) is 5.41 Å². The molecule has 0 aromatic heterocycles. The van der Waals surface area contributed by atoms with Gasteiger partial charge in [0.25, 0.3) is 0 Å². The Balaban J connectivity index is 1.15. The second-order valence-corrected chi connectivity index (χ2v) is 16.8. The van der Waals surface area contributed by atoms with E-state index < -0.39 is 0 Å². The minimum atomic E-state index is -0.0538. The molecule has 0 N–H and O–H groups in total. The highest BCUT2D eigenvalue weighted by molar-refractivity contribution is 6.25. The zero-order chi connectivity index (χ0) is 39.2. The van der Waals surface area contributed by atoms with Gasteiger partial charge in [0.15, 0.2) is 0 Å². The van der Waals surface area contributed by atoms with E-state index in [9.17, 15) is 0 Å². The van der Waals surface area contributed by atoms with E-state index in [1.165, 1.54) is 121 Å². The van der Waals surface area contributed by atoms with Gasteiger partial charge in [-0.15, -0.1) is 0 Å². The third kappa shape index (κ3) is 5.16. The van der Waals surface area contributed by atoms with E-state index in [1.807, 2.05) is 0 Å². The second-order valence-electron chi connectivity index (χ2n) is 16.8. The Bertz CT molecular complexity index is 3530. The average molecular weight is 749 g/mol. The fourth-order valence-corrected chi connectivity index (χ4v) is 10.3. The molecular weight excluding hydrogens is 709 g/mol. The molecule has 0 amide bonds. The van der Waals surface area contributed by atoms with Crippen LogP contribution in [0.5, 0.6) is 0 Å². The van der Waals surface area contributed by atoms with Crippen molar-refractivity contribution in [2.75, 3.05) is 0 Å². The molecule has 0 unspecified atom stereocenters. The van der Waals surface area contributed by atoms with Gasteiger partial charge in [0.1, 0.15) is 0 Å². The van der Waals surface area contributed by atoms with Crippen molar-refractivity contribution < 1.29 is 0 Å². The van der Waals surface area contributed by atoms with Crippen LogP contribution in [-0.4, -0.2) is 0 Å². The highest BCUT2D eigenvalue weighted by Crippen LogP contribution is 2.52. The average Bonchev–Trinajstić information content (AvgIpc) is 3.52. The van der Waals surface area contributed by atoms with Crippen molar-refractivity contribution >= 4 is 53.9 Å². The molecular formula is C59H40. The maximum atomic E-state index is 2.47. The van der Waals surface area contributed by atoms with Crippen LogP contribution in [0.25, 0.3) is 109 Å². The smallest absolute Gasteiger partial charge is 0.0158 e. The van der Waals surface area contributed by atoms with Crippen LogP contribution >= 0.6 is 0 Å². The van der Waals surface area contributed by atoms with E-state index in [4.69, 9.17) is 0 Å². The molecule has 0 bridgehead atoms. The minimum Gasteiger partial charge on any atom is -0.0619 e. The Morgan fingerprint density at radius 2 is 0.746 bits per heavy atom. The van der Waals surface area contributed by atoms with Crippen LogP contribution < -0.4 is 0 Å². The Morgan fingerprint density at radius 3 is 1.49 bits per heavy atom. The summed E-state index contributed by atoms with van der Waals surface area (Å²) in [6.45, 7) is 4.73. The zero-order valence-electron chi connectivity index (χ0n) is 33.1. The standard InChI is InChI=1S/C59H40/c1-59(2)55-22-12-11-19-48(55)53-36-44(28-32-56(53)59)57-49-20-9-10-21-50(49)58(52-29-27-42(35-54(52)57)41-25-23-37-13-3-5-15-39(37)33-41)51-31-30-45(46-17-7-8-18-47(46)51)43-26-24-38-14-4-6-16-40(38)34-43/h3-36H,1-2H3. The normalized spacial score (nSPS) is 13.1. The lowest BCUT2D eigenvalue weighted by Gasteiger charge is -2.22. The molecule has 0 atom stereocenters. The van der Waals surface area contributed by atoms with Gasteiger partial charge in [-0.05, 0) is 145 Å². The van der Waals surface area contributed by atoms with Crippen molar-refractivity contribution in [3.8, 4) is 55.6 Å². The predicted octanol–water partition coefficient (Wildman–Crippen LogP) is 16.4. The fraction of sp³-hybridized carbons (Fsp3) is 0.0508. The van der Waals surface area contributed by atoms with Crippen LogP contribution in [0.2, 0.25) is 0 Å². The van der Waals surface area contributed by atoms with Crippen molar-refractivity contribution in [1.29, 1.82) is 0 Å². The first kappa shape index (κ1) is 33.8. The number of rotatable bonds is 4. The van der Waals surface area contributed by atoms with Crippen LogP contribution in [0.1, 0.15) is 25.0 Å². The molecule has 12 rings (SSSR count). The number of benzene rings is 11. The molecule has 276 valence electrons. The number of hydrogen-bond donors (Lipinski definition) is 0. The van der Waals surface area contributed by atoms with Crippen LogP contribution in [0.4, 0.5) is 0 Å². The Hall–Kier alpha value is -7.28. The Kier molecular flexibility index (Phi) is 7.38. The zero-order valence-corrected chi connectivity index (χ0v) is 33.1. The summed E-state index contributed by atoms with van der Waals surface area (Å²) >= 11 is 0. The lowest BCUT2D eigenvalue weighted by atomic mass is 9.81. The monoisotopic (exact) mass is 748 g/mol. The molecule has 11 aromatic rings. The van der Waals surface area contributed by atoms with Crippen molar-refractivity contribution in [3.63, 3.8) is 0 Å². The fourth-order valence-electron chi connectivity index (χ4n) is 10.3. The number of hydrogen-bond acceptors (Lipinski definition) is 0. The van der Waals surface area contributed by atoms with Crippen molar-refractivity contribution in [1.82, 2.24) is 0 Å². The lowest BCUT2D eigenvalue weighted by Crippen LogP contribution is -2.14. The summed E-state index contributed by atoms with van der Waals surface area (Å²) in [5.41, 5.74) is 15.4. The van der Waals surface area contributed by atoms with Gasteiger partial charge in [0, 0.05) is 5.41 Å². The van der Waals surface area contributed by atoms with Crippen LogP contribution in [-0.2, 0) is 5.41 Å². The summed E-state index contributed by atoms with van der Waals surface area (Å²) in [6.07, 6.45) is 0. The first-order chi connectivity index (χ1) is 29.0. The van der Waals surface area contributed by atoms with Gasteiger partial charge in [-0.1, -0.05) is 196 Å². The van der Waals surface area contributed by atoms with E-state index in [2.05, 4.69) is 220 Å². The third-order valence-electron chi connectivity index (χ3n) is 13.2.